The first-order valence-corrected chi connectivity index (χ1v) is 4.97. The van der Waals surface area contributed by atoms with Gasteiger partial charge >= 0.3 is 0 Å². The van der Waals surface area contributed by atoms with Crippen LogP contribution in [0.25, 0.3) is 0 Å². The predicted molar refractivity (Wildman–Crippen MR) is 60.5 cm³/mol. The molecule has 0 aliphatic heterocycles. The Balaban J connectivity index is 2.78. The molecule has 0 radical (unpaired) electrons. The second-order valence-electron chi connectivity index (χ2n) is 3.88. The Labute approximate surface area is 90.1 Å². The molecule has 15 heavy (non-hydrogen) atoms. The molecule has 4 heteroatoms. The Bertz CT molecular complexity index is 324. The highest BCUT2D eigenvalue weighted by molar-refractivity contribution is 5.96. The molecule has 0 saturated heterocycles. The predicted octanol–water partition coefficient (Wildman–Crippen LogP) is 1.03. The number of hydrogen-bond donors (Lipinski definition) is 1. The van der Waals surface area contributed by atoms with E-state index in [1.54, 1.807) is 25.5 Å². The van der Waals surface area contributed by atoms with Crippen LogP contribution in [0.2, 0.25) is 0 Å². The van der Waals surface area contributed by atoms with E-state index in [1.807, 2.05) is 19.9 Å². The SMILES string of the molecule is CC(C)[C@H](N)C(=O)N(C)c1cccnc1. The number of rotatable bonds is 3. The van der Waals surface area contributed by atoms with E-state index in [2.05, 4.69) is 4.98 Å². The van der Waals surface area contributed by atoms with Gasteiger partial charge in [0, 0.05) is 13.2 Å². The average molecular weight is 207 g/mol. The molecule has 4 nitrogen and oxygen atoms in total. The smallest absolute Gasteiger partial charge is 0.243 e. The standard InChI is InChI=1S/C11H17N3O/c1-8(2)10(12)11(15)14(3)9-5-4-6-13-7-9/h4-8,10H,12H2,1-3H3/t10-/m0/s1. The zero-order valence-electron chi connectivity index (χ0n) is 9.34. The second-order valence-corrected chi connectivity index (χ2v) is 3.88. The molecule has 1 atom stereocenters. The van der Waals surface area contributed by atoms with Crippen LogP contribution in [0.15, 0.2) is 24.5 Å². The largest absolute Gasteiger partial charge is 0.320 e. The van der Waals surface area contributed by atoms with Gasteiger partial charge in [-0.25, -0.2) is 0 Å². The van der Waals surface area contributed by atoms with Crippen LogP contribution in [0.3, 0.4) is 0 Å². The number of pyridine rings is 1. The van der Waals surface area contributed by atoms with Gasteiger partial charge in [-0.2, -0.15) is 0 Å². The number of nitrogens with two attached hydrogens (primary N) is 1. The van der Waals surface area contributed by atoms with Crippen molar-refractivity contribution in [2.75, 3.05) is 11.9 Å². The fourth-order valence-electron chi connectivity index (χ4n) is 1.19. The van der Waals surface area contributed by atoms with Crippen LogP contribution in [-0.4, -0.2) is 24.0 Å². The highest BCUT2D eigenvalue weighted by atomic mass is 16.2. The summed E-state index contributed by atoms with van der Waals surface area (Å²) in [5.41, 5.74) is 6.55. The fourth-order valence-corrected chi connectivity index (χ4v) is 1.19. The molecule has 1 rings (SSSR count). The monoisotopic (exact) mass is 207 g/mol. The third-order valence-corrected chi connectivity index (χ3v) is 2.37. The summed E-state index contributed by atoms with van der Waals surface area (Å²) < 4.78 is 0. The summed E-state index contributed by atoms with van der Waals surface area (Å²) >= 11 is 0. The van der Waals surface area contributed by atoms with Crippen molar-refractivity contribution in [2.24, 2.45) is 11.7 Å². The summed E-state index contributed by atoms with van der Waals surface area (Å²) in [6.45, 7) is 3.86. The molecule has 1 aromatic heterocycles. The lowest BCUT2D eigenvalue weighted by molar-refractivity contribution is -0.120. The number of amides is 1. The molecule has 1 aromatic rings. The van der Waals surface area contributed by atoms with E-state index >= 15 is 0 Å². The van der Waals surface area contributed by atoms with Gasteiger partial charge in [0.15, 0.2) is 0 Å². The maximum Gasteiger partial charge on any atom is 0.243 e. The molecule has 1 heterocycles. The quantitative estimate of drug-likeness (QED) is 0.805. The third kappa shape index (κ3) is 2.76. The summed E-state index contributed by atoms with van der Waals surface area (Å²) in [5, 5.41) is 0. The molecule has 0 saturated carbocycles. The lowest BCUT2D eigenvalue weighted by Crippen LogP contribution is -2.45. The van der Waals surface area contributed by atoms with Crippen molar-refractivity contribution in [3.8, 4) is 0 Å². The number of hydrogen-bond acceptors (Lipinski definition) is 3. The molecule has 0 spiro atoms. The zero-order valence-corrected chi connectivity index (χ0v) is 9.34. The van der Waals surface area contributed by atoms with Gasteiger partial charge in [0.1, 0.15) is 0 Å². The number of nitrogens with zero attached hydrogens (tertiary/aromatic N) is 2. The molecule has 0 aliphatic rings. The molecule has 0 fully saturated rings. The third-order valence-electron chi connectivity index (χ3n) is 2.37. The highest BCUT2D eigenvalue weighted by Gasteiger charge is 2.21. The van der Waals surface area contributed by atoms with Gasteiger partial charge in [0.05, 0.1) is 17.9 Å². The van der Waals surface area contributed by atoms with Gasteiger partial charge in [0.25, 0.3) is 0 Å². The van der Waals surface area contributed by atoms with Crippen LogP contribution < -0.4 is 10.6 Å². The van der Waals surface area contributed by atoms with Crippen molar-refractivity contribution in [1.29, 1.82) is 0 Å². The first-order valence-electron chi connectivity index (χ1n) is 4.97. The molecule has 0 bridgehead atoms. The van der Waals surface area contributed by atoms with E-state index < -0.39 is 6.04 Å². The number of carbonyl (C=O) groups excluding carboxylic acids is 1. The number of likely N-dealkylation sites (N-methyl/N-ethyl adjacent to an activating group) is 1. The van der Waals surface area contributed by atoms with Gasteiger partial charge in [-0.05, 0) is 18.1 Å². The van der Waals surface area contributed by atoms with Crippen LogP contribution in [-0.2, 0) is 4.79 Å². The fraction of sp³-hybridized carbons (Fsp3) is 0.455. The topological polar surface area (TPSA) is 59.2 Å². The Kier molecular flexibility index (Phi) is 3.80. The van der Waals surface area contributed by atoms with Crippen LogP contribution in [0, 0.1) is 5.92 Å². The van der Waals surface area contributed by atoms with Gasteiger partial charge in [-0.3, -0.25) is 9.78 Å². The Hall–Kier alpha value is -1.42. The van der Waals surface area contributed by atoms with Crippen molar-refractivity contribution in [3.05, 3.63) is 24.5 Å². The first-order chi connectivity index (χ1) is 7.04. The summed E-state index contributed by atoms with van der Waals surface area (Å²) in [6.07, 6.45) is 3.31. The molecule has 0 unspecified atom stereocenters. The van der Waals surface area contributed by atoms with E-state index in [4.69, 9.17) is 5.73 Å². The van der Waals surface area contributed by atoms with Crippen LogP contribution in [0.5, 0.6) is 0 Å². The minimum absolute atomic E-state index is 0.0852. The van der Waals surface area contributed by atoms with E-state index in [0.29, 0.717) is 0 Å². The van der Waals surface area contributed by atoms with E-state index in [0.717, 1.165) is 5.69 Å². The molecule has 82 valence electrons. The van der Waals surface area contributed by atoms with Crippen molar-refractivity contribution in [3.63, 3.8) is 0 Å². The van der Waals surface area contributed by atoms with Crippen molar-refractivity contribution in [1.82, 2.24) is 4.98 Å². The maximum atomic E-state index is 11.9. The Morgan fingerprint density at radius 3 is 2.67 bits per heavy atom. The molecule has 1 amide bonds. The minimum atomic E-state index is -0.463. The van der Waals surface area contributed by atoms with Crippen molar-refractivity contribution >= 4 is 11.6 Å². The molecular weight excluding hydrogens is 190 g/mol. The summed E-state index contributed by atoms with van der Waals surface area (Å²) in [7, 11) is 1.71. The number of carbonyl (C=O) groups is 1. The molecular formula is C11H17N3O. The van der Waals surface area contributed by atoms with Crippen LogP contribution >= 0.6 is 0 Å². The lowest BCUT2D eigenvalue weighted by Gasteiger charge is -2.23. The average Bonchev–Trinajstić information content (AvgIpc) is 2.27. The van der Waals surface area contributed by atoms with E-state index in [9.17, 15) is 4.79 Å². The first kappa shape index (κ1) is 11.7. The zero-order chi connectivity index (χ0) is 11.4. The van der Waals surface area contributed by atoms with Crippen LogP contribution in [0.1, 0.15) is 13.8 Å². The molecule has 0 aliphatic carbocycles. The number of aromatic nitrogens is 1. The summed E-state index contributed by atoms with van der Waals surface area (Å²) in [5.74, 6) is 0.0506. The van der Waals surface area contributed by atoms with Crippen LogP contribution in [0.4, 0.5) is 5.69 Å². The van der Waals surface area contributed by atoms with Gasteiger partial charge in [-0.1, -0.05) is 13.8 Å². The summed E-state index contributed by atoms with van der Waals surface area (Å²) in [4.78, 5) is 17.4. The van der Waals surface area contributed by atoms with Gasteiger partial charge in [0.2, 0.25) is 5.91 Å². The van der Waals surface area contributed by atoms with Gasteiger partial charge in [-0.15, -0.1) is 0 Å². The Morgan fingerprint density at radius 1 is 1.53 bits per heavy atom. The van der Waals surface area contributed by atoms with Crippen molar-refractivity contribution < 1.29 is 4.79 Å². The maximum absolute atomic E-state index is 11.9. The Morgan fingerprint density at radius 2 is 2.20 bits per heavy atom. The van der Waals surface area contributed by atoms with Crippen molar-refractivity contribution in [2.45, 2.75) is 19.9 Å². The molecule has 2 N–H and O–H groups in total. The lowest BCUT2D eigenvalue weighted by atomic mass is 10.0. The minimum Gasteiger partial charge on any atom is -0.320 e. The second kappa shape index (κ2) is 4.89. The number of anilines is 1. The van der Waals surface area contributed by atoms with E-state index in [-0.39, 0.29) is 11.8 Å². The normalized spacial score (nSPS) is 12.6. The summed E-state index contributed by atoms with van der Waals surface area (Å²) in [6, 6.07) is 3.16. The van der Waals surface area contributed by atoms with Gasteiger partial charge < -0.3 is 10.6 Å². The van der Waals surface area contributed by atoms with E-state index in [1.165, 1.54) is 4.90 Å². The highest BCUT2D eigenvalue weighted by Crippen LogP contribution is 2.12. The molecule has 0 aromatic carbocycles.